The molecule has 1 fully saturated rings. The van der Waals surface area contributed by atoms with Crippen molar-refractivity contribution in [2.45, 2.75) is 63.0 Å². The summed E-state index contributed by atoms with van der Waals surface area (Å²) in [4.78, 5) is 0. The Labute approximate surface area is 145 Å². The molecule has 0 amide bonds. The van der Waals surface area contributed by atoms with Gasteiger partial charge in [-0.2, -0.15) is 0 Å². The number of rotatable bonds is 7. The van der Waals surface area contributed by atoms with Crippen molar-refractivity contribution < 1.29 is 40.1 Å². The van der Waals surface area contributed by atoms with Gasteiger partial charge in [-0.15, -0.1) is 0 Å². The third-order valence-electron chi connectivity index (χ3n) is 4.14. The molecule has 1 aliphatic heterocycles. The van der Waals surface area contributed by atoms with Gasteiger partial charge in [0.15, 0.2) is 0 Å². The fourth-order valence-corrected chi connectivity index (χ4v) is 2.76. The van der Waals surface area contributed by atoms with E-state index >= 15 is 0 Å². The molecule has 25 heavy (non-hydrogen) atoms. The van der Waals surface area contributed by atoms with Gasteiger partial charge in [0, 0.05) is 6.07 Å². The molecular formula is C17H26O8. The summed E-state index contributed by atoms with van der Waals surface area (Å²) in [5, 5.41) is 57.8. The van der Waals surface area contributed by atoms with Crippen LogP contribution in [0.15, 0.2) is 18.2 Å². The van der Waals surface area contributed by atoms with Crippen LogP contribution in [0, 0.1) is 0 Å². The van der Waals surface area contributed by atoms with Gasteiger partial charge < -0.3 is 40.1 Å². The fraction of sp³-hybridized carbons (Fsp3) is 0.647. The summed E-state index contributed by atoms with van der Waals surface area (Å²) in [6.45, 7) is 1.16. The van der Waals surface area contributed by atoms with Crippen molar-refractivity contribution in [3.05, 3.63) is 23.8 Å². The summed E-state index contributed by atoms with van der Waals surface area (Å²) >= 11 is 0. The van der Waals surface area contributed by atoms with E-state index < -0.39 is 43.4 Å². The average molecular weight is 358 g/mol. The van der Waals surface area contributed by atoms with Gasteiger partial charge in [0.05, 0.1) is 12.7 Å². The predicted octanol–water partition coefficient (Wildman–Crippen LogP) is -0.726. The summed E-state index contributed by atoms with van der Waals surface area (Å²) in [5.74, 6) is 0.186. The van der Waals surface area contributed by atoms with E-state index in [0.717, 1.165) is 12.0 Å². The van der Waals surface area contributed by atoms with Gasteiger partial charge in [0.2, 0.25) is 6.29 Å². The Morgan fingerprint density at radius 1 is 1.12 bits per heavy atom. The zero-order valence-electron chi connectivity index (χ0n) is 14.0. The Balaban J connectivity index is 2.06. The molecule has 1 aromatic rings. The van der Waals surface area contributed by atoms with E-state index in [-0.39, 0.29) is 11.5 Å². The Kier molecular flexibility index (Phi) is 7.00. The summed E-state index contributed by atoms with van der Waals surface area (Å²) in [6, 6.07) is 4.56. The highest BCUT2D eigenvalue weighted by Gasteiger charge is 2.44. The average Bonchev–Trinajstić information content (AvgIpc) is 2.54. The van der Waals surface area contributed by atoms with E-state index in [1.807, 2.05) is 0 Å². The van der Waals surface area contributed by atoms with E-state index in [0.29, 0.717) is 12.8 Å². The Morgan fingerprint density at radius 2 is 1.84 bits per heavy atom. The summed E-state index contributed by atoms with van der Waals surface area (Å²) in [6.07, 6.45) is -5.31. The maximum Gasteiger partial charge on any atom is 0.229 e. The number of aromatic hydroxyl groups is 1. The molecule has 0 aromatic heterocycles. The van der Waals surface area contributed by atoms with Crippen LogP contribution in [-0.4, -0.2) is 74.1 Å². The smallest absolute Gasteiger partial charge is 0.229 e. The van der Waals surface area contributed by atoms with Crippen molar-refractivity contribution in [2.75, 3.05) is 6.61 Å². The van der Waals surface area contributed by atoms with Crippen LogP contribution >= 0.6 is 0 Å². The molecule has 0 aliphatic carbocycles. The van der Waals surface area contributed by atoms with Crippen molar-refractivity contribution >= 4 is 0 Å². The molecule has 0 radical (unpaired) electrons. The molecule has 8 nitrogen and oxygen atoms in total. The van der Waals surface area contributed by atoms with Crippen molar-refractivity contribution in [2.24, 2.45) is 0 Å². The van der Waals surface area contributed by atoms with Crippen molar-refractivity contribution in [3.63, 3.8) is 0 Å². The molecule has 6 N–H and O–H groups in total. The van der Waals surface area contributed by atoms with Gasteiger partial charge in [0.1, 0.15) is 35.9 Å². The van der Waals surface area contributed by atoms with E-state index in [4.69, 9.17) is 9.47 Å². The second-order valence-electron chi connectivity index (χ2n) is 6.39. The molecule has 1 aliphatic rings. The zero-order chi connectivity index (χ0) is 18.6. The van der Waals surface area contributed by atoms with Crippen LogP contribution in [0.3, 0.4) is 0 Å². The molecular weight excluding hydrogens is 332 g/mol. The minimum atomic E-state index is -1.53. The van der Waals surface area contributed by atoms with Gasteiger partial charge in [0.25, 0.3) is 0 Å². The van der Waals surface area contributed by atoms with Crippen molar-refractivity contribution in [1.29, 1.82) is 0 Å². The van der Waals surface area contributed by atoms with E-state index in [2.05, 4.69) is 0 Å². The SMILES string of the molecule is CC(O)CCCc1cc(O)cc(OC2OC(CO)C(O)C(O)C2O)c1. The largest absolute Gasteiger partial charge is 0.508 e. The lowest BCUT2D eigenvalue weighted by molar-refractivity contribution is -0.277. The highest BCUT2D eigenvalue weighted by Crippen LogP contribution is 2.28. The normalized spacial score (nSPS) is 30.9. The maximum atomic E-state index is 9.99. The molecule has 6 unspecified atom stereocenters. The fourth-order valence-electron chi connectivity index (χ4n) is 2.76. The lowest BCUT2D eigenvalue weighted by Gasteiger charge is -2.39. The highest BCUT2D eigenvalue weighted by atomic mass is 16.7. The van der Waals surface area contributed by atoms with E-state index in [1.165, 1.54) is 6.07 Å². The minimum Gasteiger partial charge on any atom is -0.508 e. The number of phenolic OH excluding ortho intramolecular Hbond substituents is 1. The molecule has 0 spiro atoms. The monoisotopic (exact) mass is 358 g/mol. The summed E-state index contributed by atoms with van der Waals surface area (Å²) < 4.78 is 10.8. The van der Waals surface area contributed by atoms with Crippen LogP contribution in [0.4, 0.5) is 0 Å². The van der Waals surface area contributed by atoms with Crippen LogP contribution in [-0.2, 0) is 11.2 Å². The molecule has 1 saturated heterocycles. The third kappa shape index (κ3) is 5.27. The Hall–Kier alpha value is -1.42. The Bertz CT molecular complexity index is 547. The second-order valence-corrected chi connectivity index (χ2v) is 6.39. The molecule has 8 heteroatoms. The molecule has 142 valence electrons. The Morgan fingerprint density at radius 3 is 2.48 bits per heavy atom. The lowest BCUT2D eigenvalue weighted by atomic mass is 9.99. The van der Waals surface area contributed by atoms with Gasteiger partial charge in [-0.05, 0) is 43.9 Å². The van der Waals surface area contributed by atoms with Gasteiger partial charge in [-0.25, -0.2) is 0 Å². The van der Waals surface area contributed by atoms with E-state index in [9.17, 15) is 30.6 Å². The molecule has 0 bridgehead atoms. The number of ether oxygens (including phenoxy) is 2. The first kappa shape index (κ1) is 19.9. The van der Waals surface area contributed by atoms with Crippen LogP contribution in [0.1, 0.15) is 25.3 Å². The van der Waals surface area contributed by atoms with Crippen molar-refractivity contribution in [1.82, 2.24) is 0 Å². The van der Waals surface area contributed by atoms with Crippen LogP contribution in [0.5, 0.6) is 11.5 Å². The number of phenols is 1. The van der Waals surface area contributed by atoms with Gasteiger partial charge >= 0.3 is 0 Å². The number of hydrogen-bond acceptors (Lipinski definition) is 8. The minimum absolute atomic E-state index is 0.0332. The van der Waals surface area contributed by atoms with Gasteiger partial charge in [-0.3, -0.25) is 0 Å². The first-order chi connectivity index (χ1) is 11.8. The van der Waals surface area contributed by atoms with Crippen LogP contribution in [0.25, 0.3) is 0 Å². The standard InChI is InChI=1S/C17H26O8/c1-9(19)3-2-4-10-5-11(20)7-12(6-10)24-17-16(23)15(22)14(21)13(8-18)25-17/h5-7,9,13-23H,2-4,8H2,1H3. The number of benzene rings is 1. The molecule has 2 rings (SSSR count). The lowest BCUT2D eigenvalue weighted by Crippen LogP contribution is -2.60. The first-order valence-corrected chi connectivity index (χ1v) is 8.30. The van der Waals surface area contributed by atoms with Crippen molar-refractivity contribution in [3.8, 4) is 11.5 Å². The topological polar surface area (TPSA) is 140 Å². The number of aryl methyl sites for hydroxylation is 1. The number of hydrogen-bond donors (Lipinski definition) is 6. The highest BCUT2D eigenvalue weighted by molar-refractivity contribution is 5.37. The second kappa shape index (κ2) is 8.79. The molecule has 1 heterocycles. The molecule has 0 saturated carbocycles. The first-order valence-electron chi connectivity index (χ1n) is 8.30. The molecule has 1 aromatic carbocycles. The van der Waals surface area contributed by atoms with Crippen LogP contribution in [0.2, 0.25) is 0 Å². The zero-order valence-corrected chi connectivity index (χ0v) is 14.0. The summed E-state index contributed by atoms with van der Waals surface area (Å²) in [7, 11) is 0. The van der Waals surface area contributed by atoms with Gasteiger partial charge in [-0.1, -0.05) is 0 Å². The quantitative estimate of drug-likeness (QED) is 0.375. The maximum absolute atomic E-state index is 9.99. The molecule has 6 atom stereocenters. The predicted molar refractivity (Wildman–Crippen MR) is 87.1 cm³/mol. The third-order valence-corrected chi connectivity index (χ3v) is 4.14. The summed E-state index contributed by atoms with van der Waals surface area (Å²) in [5.41, 5.74) is 0.778. The van der Waals surface area contributed by atoms with Crippen LogP contribution < -0.4 is 4.74 Å². The van der Waals surface area contributed by atoms with E-state index in [1.54, 1.807) is 19.1 Å². The number of aliphatic hydroxyl groups is 5. The number of aliphatic hydroxyl groups excluding tert-OH is 5.